The van der Waals surface area contributed by atoms with Crippen LogP contribution in [0.1, 0.15) is 19.4 Å². The molecular formula is C11H19N3O. The summed E-state index contributed by atoms with van der Waals surface area (Å²) in [4.78, 5) is 0. The highest BCUT2D eigenvalue weighted by atomic mass is 16.3. The SMILES string of the molecule is C=Cn1cc(CNC(C)C(C)CO)cn1. The number of aromatic nitrogens is 2. The van der Waals surface area contributed by atoms with Crippen molar-refractivity contribution in [3.8, 4) is 0 Å². The molecule has 1 aromatic heterocycles. The average Bonchev–Trinajstić information content (AvgIpc) is 2.72. The van der Waals surface area contributed by atoms with Crippen molar-refractivity contribution < 1.29 is 5.11 Å². The number of rotatable bonds is 6. The van der Waals surface area contributed by atoms with Crippen molar-refractivity contribution in [2.24, 2.45) is 5.92 Å². The van der Waals surface area contributed by atoms with E-state index in [9.17, 15) is 0 Å². The second kappa shape index (κ2) is 5.68. The van der Waals surface area contributed by atoms with E-state index in [0.29, 0.717) is 6.04 Å². The van der Waals surface area contributed by atoms with Crippen molar-refractivity contribution in [1.82, 2.24) is 15.1 Å². The molecule has 0 radical (unpaired) electrons. The van der Waals surface area contributed by atoms with E-state index in [-0.39, 0.29) is 12.5 Å². The van der Waals surface area contributed by atoms with Crippen LogP contribution >= 0.6 is 0 Å². The Kier molecular flexibility index (Phi) is 4.52. The van der Waals surface area contributed by atoms with E-state index in [2.05, 4.69) is 23.9 Å². The zero-order valence-electron chi connectivity index (χ0n) is 9.35. The largest absolute Gasteiger partial charge is 0.396 e. The lowest BCUT2D eigenvalue weighted by Gasteiger charge is -2.18. The molecule has 0 saturated carbocycles. The first-order valence-corrected chi connectivity index (χ1v) is 5.17. The van der Waals surface area contributed by atoms with Crippen molar-refractivity contribution in [2.45, 2.75) is 26.4 Å². The molecule has 4 nitrogen and oxygen atoms in total. The van der Waals surface area contributed by atoms with Crippen LogP contribution < -0.4 is 5.32 Å². The maximum absolute atomic E-state index is 8.97. The summed E-state index contributed by atoms with van der Waals surface area (Å²) in [5.41, 5.74) is 1.12. The summed E-state index contributed by atoms with van der Waals surface area (Å²) in [6, 6.07) is 0.294. The molecule has 0 aliphatic rings. The van der Waals surface area contributed by atoms with E-state index < -0.39 is 0 Å². The van der Waals surface area contributed by atoms with Crippen LogP contribution in [0.25, 0.3) is 6.20 Å². The molecule has 84 valence electrons. The summed E-state index contributed by atoms with van der Waals surface area (Å²) >= 11 is 0. The van der Waals surface area contributed by atoms with Crippen LogP contribution in [0.15, 0.2) is 19.0 Å². The maximum atomic E-state index is 8.97. The molecule has 0 bridgehead atoms. The van der Waals surface area contributed by atoms with Gasteiger partial charge in [-0.3, -0.25) is 0 Å². The molecule has 1 aromatic rings. The van der Waals surface area contributed by atoms with Crippen LogP contribution in [0.2, 0.25) is 0 Å². The smallest absolute Gasteiger partial charge is 0.0538 e. The fourth-order valence-electron chi connectivity index (χ4n) is 1.21. The molecule has 2 unspecified atom stereocenters. The summed E-state index contributed by atoms with van der Waals surface area (Å²) in [5.74, 6) is 0.263. The third-order valence-electron chi connectivity index (χ3n) is 2.61. The molecule has 15 heavy (non-hydrogen) atoms. The van der Waals surface area contributed by atoms with Crippen LogP contribution in [0.4, 0.5) is 0 Å². The number of aliphatic hydroxyl groups excluding tert-OH is 1. The lowest BCUT2D eigenvalue weighted by molar-refractivity contribution is 0.207. The summed E-state index contributed by atoms with van der Waals surface area (Å²) in [5, 5.41) is 16.4. The van der Waals surface area contributed by atoms with Crippen LogP contribution in [0.5, 0.6) is 0 Å². The zero-order valence-corrected chi connectivity index (χ0v) is 9.35. The minimum absolute atomic E-state index is 0.208. The van der Waals surface area contributed by atoms with E-state index in [0.717, 1.165) is 12.1 Å². The van der Waals surface area contributed by atoms with Gasteiger partial charge in [0.15, 0.2) is 0 Å². The summed E-state index contributed by atoms with van der Waals surface area (Å²) in [6.07, 6.45) is 5.39. The van der Waals surface area contributed by atoms with Crippen molar-refractivity contribution in [3.63, 3.8) is 0 Å². The van der Waals surface area contributed by atoms with Crippen LogP contribution in [0, 0.1) is 5.92 Å². The number of hydrogen-bond donors (Lipinski definition) is 2. The van der Waals surface area contributed by atoms with E-state index >= 15 is 0 Å². The highest BCUT2D eigenvalue weighted by Crippen LogP contribution is 2.03. The van der Waals surface area contributed by atoms with Crippen molar-refractivity contribution in [3.05, 3.63) is 24.5 Å². The van der Waals surface area contributed by atoms with Gasteiger partial charge in [0.05, 0.1) is 6.20 Å². The molecule has 1 rings (SSSR count). The Morgan fingerprint density at radius 3 is 2.93 bits per heavy atom. The third-order valence-corrected chi connectivity index (χ3v) is 2.61. The molecule has 2 N–H and O–H groups in total. The minimum Gasteiger partial charge on any atom is -0.396 e. The van der Waals surface area contributed by atoms with Gasteiger partial charge in [0.2, 0.25) is 0 Å². The standard InChI is InChI=1S/C11H19N3O/c1-4-14-7-11(6-13-14)5-12-10(3)9(2)8-15/h4,6-7,9-10,12,15H,1,5,8H2,2-3H3. The zero-order chi connectivity index (χ0) is 11.3. The van der Waals surface area contributed by atoms with E-state index in [1.165, 1.54) is 0 Å². The van der Waals surface area contributed by atoms with E-state index in [1.54, 1.807) is 10.9 Å². The topological polar surface area (TPSA) is 50.1 Å². The molecule has 0 aliphatic carbocycles. The van der Waals surface area contributed by atoms with Crippen LogP contribution in [-0.2, 0) is 6.54 Å². The molecule has 0 amide bonds. The van der Waals surface area contributed by atoms with Gasteiger partial charge in [-0.2, -0.15) is 5.10 Å². The lowest BCUT2D eigenvalue weighted by atomic mass is 10.1. The fourth-order valence-corrected chi connectivity index (χ4v) is 1.21. The fraction of sp³-hybridized carbons (Fsp3) is 0.545. The number of aliphatic hydroxyl groups is 1. The summed E-state index contributed by atoms with van der Waals surface area (Å²) in [6.45, 7) is 8.69. The quantitative estimate of drug-likeness (QED) is 0.737. The highest BCUT2D eigenvalue weighted by Gasteiger charge is 2.10. The Hall–Kier alpha value is -1.13. The Morgan fingerprint density at radius 1 is 1.67 bits per heavy atom. The first kappa shape index (κ1) is 11.9. The molecule has 0 spiro atoms. The molecule has 2 atom stereocenters. The first-order chi connectivity index (χ1) is 7.17. The molecule has 0 fully saturated rings. The third kappa shape index (κ3) is 3.49. The molecule has 0 aliphatic heterocycles. The Labute approximate surface area is 90.6 Å². The average molecular weight is 209 g/mol. The number of hydrogen-bond acceptors (Lipinski definition) is 3. The number of nitrogens with one attached hydrogen (secondary N) is 1. The summed E-state index contributed by atoms with van der Waals surface area (Å²) < 4.78 is 1.68. The van der Waals surface area contributed by atoms with Gasteiger partial charge in [-0.25, -0.2) is 4.68 Å². The Balaban J connectivity index is 2.39. The van der Waals surface area contributed by atoms with Gasteiger partial charge in [0.25, 0.3) is 0 Å². The van der Waals surface area contributed by atoms with E-state index in [1.807, 2.05) is 19.3 Å². The lowest BCUT2D eigenvalue weighted by Crippen LogP contribution is -2.33. The summed E-state index contributed by atoms with van der Waals surface area (Å²) in [7, 11) is 0. The molecule has 1 heterocycles. The van der Waals surface area contributed by atoms with Crippen molar-refractivity contribution >= 4 is 6.20 Å². The van der Waals surface area contributed by atoms with Gasteiger partial charge in [0, 0.05) is 37.2 Å². The number of nitrogens with zero attached hydrogens (tertiary/aromatic N) is 2. The van der Waals surface area contributed by atoms with Gasteiger partial charge in [-0.05, 0) is 12.8 Å². The highest BCUT2D eigenvalue weighted by molar-refractivity contribution is 5.17. The second-order valence-corrected chi connectivity index (χ2v) is 3.84. The monoisotopic (exact) mass is 209 g/mol. The Bertz CT molecular complexity index is 309. The van der Waals surface area contributed by atoms with Gasteiger partial charge in [-0.1, -0.05) is 13.5 Å². The Morgan fingerprint density at radius 2 is 2.40 bits per heavy atom. The minimum atomic E-state index is 0.208. The second-order valence-electron chi connectivity index (χ2n) is 3.84. The predicted molar refractivity (Wildman–Crippen MR) is 61.2 cm³/mol. The van der Waals surface area contributed by atoms with Gasteiger partial charge >= 0.3 is 0 Å². The molecule has 0 saturated heterocycles. The first-order valence-electron chi connectivity index (χ1n) is 5.17. The molecular weight excluding hydrogens is 190 g/mol. The predicted octanol–water partition coefficient (Wildman–Crippen LogP) is 1.09. The van der Waals surface area contributed by atoms with Crippen LogP contribution in [0.3, 0.4) is 0 Å². The maximum Gasteiger partial charge on any atom is 0.0538 e. The molecule has 0 aromatic carbocycles. The van der Waals surface area contributed by atoms with E-state index in [4.69, 9.17) is 5.11 Å². The normalized spacial score (nSPS) is 14.9. The van der Waals surface area contributed by atoms with Gasteiger partial charge < -0.3 is 10.4 Å². The van der Waals surface area contributed by atoms with Crippen molar-refractivity contribution in [1.29, 1.82) is 0 Å². The molecule has 4 heteroatoms. The van der Waals surface area contributed by atoms with Gasteiger partial charge in [0.1, 0.15) is 0 Å². The van der Waals surface area contributed by atoms with Crippen molar-refractivity contribution in [2.75, 3.05) is 6.61 Å². The van der Waals surface area contributed by atoms with Gasteiger partial charge in [-0.15, -0.1) is 0 Å². The van der Waals surface area contributed by atoms with Crippen LogP contribution in [-0.4, -0.2) is 27.5 Å².